The Labute approximate surface area is 182 Å². The van der Waals surface area contributed by atoms with Gasteiger partial charge in [-0.2, -0.15) is 0 Å². The zero-order valence-corrected chi connectivity index (χ0v) is 19.5. The highest BCUT2D eigenvalue weighted by Gasteiger charge is 2.34. The molecule has 0 saturated heterocycles. The van der Waals surface area contributed by atoms with Gasteiger partial charge in [0.1, 0.15) is 6.04 Å². The van der Waals surface area contributed by atoms with Crippen molar-refractivity contribution in [1.82, 2.24) is 5.32 Å². The van der Waals surface area contributed by atoms with Gasteiger partial charge in [-0.05, 0) is 55.5 Å². The van der Waals surface area contributed by atoms with Crippen LogP contribution >= 0.6 is 15.9 Å². The summed E-state index contributed by atoms with van der Waals surface area (Å²) in [6, 6.07) is 12.7. The third-order valence-electron chi connectivity index (χ3n) is 5.04. The molecule has 1 unspecified atom stereocenters. The Morgan fingerprint density at radius 2 is 1.76 bits per heavy atom. The van der Waals surface area contributed by atoms with E-state index in [1.807, 2.05) is 70.2 Å². The fourth-order valence-corrected chi connectivity index (χ4v) is 3.66. The summed E-state index contributed by atoms with van der Waals surface area (Å²) in [5.74, 6) is -0.333. The van der Waals surface area contributed by atoms with Crippen LogP contribution in [0.3, 0.4) is 0 Å². The maximum absolute atomic E-state index is 13.7. The van der Waals surface area contributed by atoms with Crippen molar-refractivity contribution in [3.05, 3.63) is 63.6 Å². The number of unbranched alkanes of at least 4 members (excludes halogenated alkanes) is 1. The van der Waals surface area contributed by atoms with Gasteiger partial charge in [-0.25, -0.2) is 0 Å². The van der Waals surface area contributed by atoms with Crippen molar-refractivity contribution in [2.45, 2.75) is 53.5 Å². The molecule has 5 heteroatoms. The van der Waals surface area contributed by atoms with E-state index in [1.54, 1.807) is 4.90 Å². The van der Waals surface area contributed by atoms with E-state index >= 15 is 0 Å². The average molecular weight is 459 g/mol. The third-order valence-corrected chi connectivity index (χ3v) is 5.89. The molecular formula is C24H31BrN2O2. The molecule has 2 aromatic rings. The lowest BCUT2D eigenvalue weighted by atomic mass is 9.98. The first-order valence-electron chi connectivity index (χ1n) is 10.2. The Kier molecular flexibility index (Phi) is 8.45. The number of amides is 2. The first-order valence-corrected chi connectivity index (χ1v) is 11.0. The molecule has 1 N–H and O–H groups in total. The molecule has 1 atom stereocenters. The van der Waals surface area contributed by atoms with E-state index in [9.17, 15) is 9.59 Å². The van der Waals surface area contributed by atoms with Crippen molar-refractivity contribution in [1.29, 1.82) is 0 Å². The Balaban J connectivity index is 2.54. The van der Waals surface area contributed by atoms with Gasteiger partial charge in [0, 0.05) is 22.3 Å². The minimum absolute atomic E-state index is 0.0512. The van der Waals surface area contributed by atoms with Crippen LogP contribution in [0, 0.1) is 19.8 Å². The van der Waals surface area contributed by atoms with Crippen molar-refractivity contribution in [2.24, 2.45) is 5.92 Å². The van der Waals surface area contributed by atoms with Crippen LogP contribution < -0.4 is 10.2 Å². The minimum Gasteiger partial charge on any atom is -0.354 e. The average Bonchev–Trinajstić information content (AvgIpc) is 2.68. The molecule has 0 aromatic heterocycles. The second-order valence-corrected chi connectivity index (χ2v) is 8.61. The van der Waals surface area contributed by atoms with Crippen LogP contribution in [0.2, 0.25) is 0 Å². The summed E-state index contributed by atoms with van der Waals surface area (Å²) in [4.78, 5) is 28.5. The molecule has 0 heterocycles. The highest BCUT2D eigenvalue weighted by molar-refractivity contribution is 9.10. The summed E-state index contributed by atoms with van der Waals surface area (Å²) in [5.41, 5.74) is 3.28. The van der Waals surface area contributed by atoms with Gasteiger partial charge in [0.15, 0.2) is 0 Å². The predicted octanol–water partition coefficient (Wildman–Crippen LogP) is 5.65. The molecule has 29 heavy (non-hydrogen) atoms. The van der Waals surface area contributed by atoms with Crippen LogP contribution in [0.25, 0.3) is 0 Å². The summed E-state index contributed by atoms with van der Waals surface area (Å²) >= 11 is 3.57. The van der Waals surface area contributed by atoms with Crippen LogP contribution in [0.15, 0.2) is 46.9 Å². The van der Waals surface area contributed by atoms with Gasteiger partial charge in [-0.1, -0.05) is 67.4 Å². The number of aryl methyl sites for hydroxylation is 2. The first kappa shape index (κ1) is 23.1. The lowest BCUT2D eigenvalue weighted by Gasteiger charge is -2.34. The number of hydrogen-bond acceptors (Lipinski definition) is 2. The largest absolute Gasteiger partial charge is 0.354 e. The number of carbonyl (C=O) groups is 2. The van der Waals surface area contributed by atoms with Gasteiger partial charge in [-0.3, -0.25) is 14.5 Å². The monoisotopic (exact) mass is 458 g/mol. The second kappa shape index (κ2) is 10.6. The highest BCUT2D eigenvalue weighted by Crippen LogP contribution is 2.29. The van der Waals surface area contributed by atoms with E-state index in [0.29, 0.717) is 17.8 Å². The number of rotatable bonds is 8. The van der Waals surface area contributed by atoms with E-state index in [4.69, 9.17) is 0 Å². The summed E-state index contributed by atoms with van der Waals surface area (Å²) in [6.07, 6.45) is 1.92. The first-order chi connectivity index (χ1) is 13.8. The van der Waals surface area contributed by atoms with Gasteiger partial charge in [-0.15, -0.1) is 0 Å². The molecular weight excluding hydrogens is 428 g/mol. The molecule has 2 aromatic carbocycles. The Morgan fingerprint density at radius 1 is 1.07 bits per heavy atom. The normalized spacial score (nSPS) is 12.0. The summed E-state index contributed by atoms with van der Waals surface area (Å²) in [7, 11) is 0. The molecule has 4 nitrogen and oxygen atoms in total. The Hall–Kier alpha value is -2.14. The van der Waals surface area contributed by atoms with Crippen LogP contribution in [0.4, 0.5) is 5.69 Å². The van der Waals surface area contributed by atoms with Crippen LogP contribution in [0.5, 0.6) is 0 Å². The molecule has 0 aliphatic heterocycles. The van der Waals surface area contributed by atoms with E-state index in [1.165, 1.54) is 0 Å². The van der Waals surface area contributed by atoms with Crippen molar-refractivity contribution in [3.63, 3.8) is 0 Å². The van der Waals surface area contributed by atoms with Crippen molar-refractivity contribution < 1.29 is 9.59 Å². The molecule has 156 valence electrons. The lowest BCUT2D eigenvalue weighted by Crippen LogP contribution is -2.53. The molecule has 0 bridgehead atoms. The topological polar surface area (TPSA) is 49.4 Å². The molecule has 0 aliphatic rings. The smallest absolute Gasteiger partial charge is 0.259 e. The lowest BCUT2D eigenvalue weighted by molar-refractivity contribution is -0.123. The van der Waals surface area contributed by atoms with Crippen molar-refractivity contribution >= 4 is 33.4 Å². The summed E-state index contributed by atoms with van der Waals surface area (Å²) < 4.78 is 0.909. The number of carbonyl (C=O) groups excluding carboxylic acids is 2. The van der Waals surface area contributed by atoms with Crippen LogP contribution in [-0.4, -0.2) is 24.4 Å². The van der Waals surface area contributed by atoms with E-state index in [-0.39, 0.29) is 17.7 Å². The molecule has 2 amide bonds. The van der Waals surface area contributed by atoms with E-state index in [0.717, 1.165) is 28.4 Å². The number of anilines is 1. The van der Waals surface area contributed by atoms with Gasteiger partial charge in [0.05, 0.1) is 0 Å². The van der Waals surface area contributed by atoms with Gasteiger partial charge in [0.2, 0.25) is 5.91 Å². The molecule has 0 aliphatic carbocycles. The molecule has 0 saturated carbocycles. The zero-order valence-electron chi connectivity index (χ0n) is 18.0. The van der Waals surface area contributed by atoms with Gasteiger partial charge < -0.3 is 5.32 Å². The number of nitrogens with zero attached hydrogens (tertiary/aromatic N) is 1. The standard InChI is InChI=1S/C24H31BrN2O2/c1-6-7-14-26-23(28)22(16(2)3)27(19-13-12-18(5)21(25)15-19)24(29)20-11-9-8-10-17(20)4/h8-13,15-16,22H,6-7,14H2,1-5H3,(H,26,28). The number of halogens is 1. The SMILES string of the molecule is CCCCNC(=O)C(C(C)C)N(C(=O)c1ccccc1C)c1ccc(C)c(Br)c1. The second-order valence-electron chi connectivity index (χ2n) is 7.76. The Bertz CT molecular complexity index is 864. The fraction of sp³-hybridized carbons (Fsp3) is 0.417. The van der Waals surface area contributed by atoms with Crippen LogP contribution in [-0.2, 0) is 4.79 Å². The molecule has 0 fully saturated rings. The maximum atomic E-state index is 13.7. The molecule has 0 spiro atoms. The van der Waals surface area contributed by atoms with Crippen molar-refractivity contribution in [3.8, 4) is 0 Å². The number of hydrogen-bond donors (Lipinski definition) is 1. The highest BCUT2D eigenvalue weighted by atomic mass is 79.9. The summed E-state index contributed by atoms with van der Waals surface area (Å²) in [6.45, 7) is 10.6. The Morgan fingerprint density at radius 3 is 2.34 bits per heavy atom. The quantitative estimate of drug-likeness (QED) is 0.519. The predicted molar refractivity (Wildman–Crippen MR) is 123 cm³/mol. The van der Waals surface area contributed by atoms with Crippen molar-refractivity contribution in [2.75, 3.05) is 11.4 Å². The van der Waals surface area contributed by atoms with Gasteiger partial charge >= 0.3 is 0 Å². The van der Waals surface area contributed by atoms with Crippen LogP contribution in [0.1, 0.15) is 55.1 Å². The number of benzene rings is 2. The molecule has 0 radical (unpaired) electrons. The minimum atomic E-state index is -0.603. The molecule has 2 rings (SSSR count). The zero-order chi connectivity index (χ0) is 21.6. The van der Waals surface area contributed by atoms with Gasteiger partial charge in [0.25, 0.3) is 5.91 Å². The summed E-state index contributed by atoms with van der Waals surface area (Å²) in [5, 5.41) is 3.02. The fourth-order valence-electron chi connectivity index (χ4n) is 3.29. The van der Waals surface area contributed by atoms with E-state index < -0.39 is 6.04 Å². The maximum Gasteiger partial charge on any atom is 0.259 e. The van der Waals surface area contributed by atoms with E-state index in [2.05, 4.69) is 28.2 Å². The number of nitrogens with one attached hydrogen (secondary N) is 1. The third kappa shape index (κ3) is 5.69.